The van der Waals surface area contributed by atoms with Gasteiger partial charge in [0.25, 0.3) is 5.91 Å². The van der Waals surface area contributed by atoms with E-state index < -0.39 is 5.91 Å². The zero-order valence-corrected chi connectivity index (χ0v) is 20.9. The van der Waals surface area contributed by atoms with Crippen molar-refractivity contribution < 1.29 is 14.3 Å². The van der Waals surface area contributed by atoms with Crippen LogP contribution in [0.3, 0.4) is 0 Å². The van der Waals surface area contributed by atoms with Crippen LogP contribution in [0.5, 0.6) is 5.75 Å². The van der Waals surface area contributed by atoms with Gasteiger partial charge in [-0.1, -0.05) is 55.7 Å². The summed E-state index contributed by atoms with van der Waals surface area (Å²) in [6, 6.07) is 18.2. The summed E-state index contributed by atoms with van der Waals surface area (Å²) in [7, 11) is 0. The Bertz CT molecular complexity index is 1390. The number of nitrogens with two attached hydrogens (primary N) is 3. The number of primary amides is 1. The summed E-state index contributed by atoms with van der Waals surface area (Å²) in [4.78, 5) is 16.9. The summed E-state index contributed by atoms with van der Waals surface area (Å²) in [6.07, 6.45) is 8.11. The first-order valence-corrected chi connectivity index (χ1v) is 12.8. The number of aromatic nitrogens is 2. The quantitative estimate of drug-likeness (QED) is 0.218. The van der Waals surface area contributed by atoms with Crippen molar-refractivity contribution in [2.45, 2.75) is 44.8 Å². The number of nitrogens with zero attached hydrogens (tertiary/aromatic N) is 2. The molecule has 1 aliphatic carbocycles. The van der Waals surface area contributed by atoms with Crippen molar-refractivity contribution in [2.24, 2.45) is 5.73 Å². The SMILES string of the molecule is NC(=O)c1c(OCCOCc2ccccc2)cc(-c2ccc3c(c2)ncn3C2CCCCC2)c(N)c1N. The molecule has 1 fully saturated rings. The van der Waals surface area contributed by atoms with Crippen molar-refractivity contribution in [3.63, 3.8) is 0 Å². The van der Waals surface area contributed by atoms with Gasteiger partial charge in [-0.2, -0.15) is 0 Å². The Morgan fingerprint density at radius 2 is 1.76 bits per heavy atom. The number of nitrogen functional groups attached to an aromatic ring is 2. The van der Waals surface area contributed by atoms with Crippen LogP contribution in [0.4, 0.5) is 11.4 Å². The Morgan fingerprint density at radius 3 is 2.51 bits per heavy atom. The van der Waals surface area contributed by atoms with E-state index in [1.807, 2.05) is 48.8 Å². The van der Waals surface area contributed by atoms with Gasteiger partial charge < -0.3 is 31.2 Å². The molecular weight excluding hydrogens is 466 g/mol. The van der Waals surface area contributed by atoms with Gasteiger partial charge in [0.15, 0.2) is 0 Å². The highest BCUT2D eigenvalue weighted by Gasteiger charge is 2.22. The maximum absolute atomic E-state index is 12.2. The van der Waals surface area contributed by atoms with Crippen molar-refractivity contribution in [3.8, 4) is 16.9 Å². The Hall–Kier alpha value is -4.04. The number of amides is 1. The number of carbonyl (C=O) groups excluding carboxylic acids is 1. The third kappa shape index (κ3) is 5.24. The lowest BCUT2D eigenvalue weighted by molar-refractivity contribution is 0.0874. The lowest BCUT2D eigenvalue weighted by Crippen LogP contribution is -2.18. The fraction of sp³-hybridized carbons (Fsp3) is 0.310. The number of benzene rings is 3. The Labute approximate surface area is 216 Å². The number of rotatable bonds is 9. The highest BCUT2D eigenvalue weighted by Crippen LogP contribution is 2.40. The summed E-state index contributed by atoms with van der Waals surface area (Å²) in [5.41, 5.74) is 23.3. The smallest absolute Gasteiger partial charge is 0.254 e. The summed E-state index contributed by atoms with van der Waals surface area (Å²) in [5, 5.41) is 0. The Morgan fingerprint density at radius 1 is 0.973 bits per heavy atom. The molecular formula is C29H33N5O3. The van der Waals surface area contributed by atoms with Gasteiger partial charge in [-0.3, -0.25) is 4.79 Å². The lowest BCUT2D eigenvalue weighted by atomic mass is 9.95. The van der Waals surface area contributed by atoms with Crippen LogP contribution >= 0.6 is 0 Å². The van der Waals surface area contributed by atoms with Crippen molar-refractivity contribution in [1.82, 2.24) is 9.55 Å². The molecule has 0 saturated heterocycles. The molecule has 192 valence electrons. The summed E-state index contributed by atoms with van der Waals surface area (Å²) in [5.74, 6) is -0.414. The Kier molecular flexibility index (Phi) is 7.28. The van der Waals surface area contributed by atoms with Gasteiger partial charge in [-0.25, -0.2) is 4.98 Å². The van der Waals surface area contributed by atoms with Crippen molar-refractivity contribution >= 4 is 28.3 Å². The third-order valence-electron chi connectivity index (χ3n) is 7.07. The number of anilines is 2. The molecule has 3 aromatic carbocycles. The normalized spacial score (nSPS) is 14.2. The molecule has 8 nitrogen and oxygen atoms in total. The third-order valence-corrected chi connectivity index (χ3v) is 7.07. The first-order valence-electron chi connectivity index (χ1n) is 12.8. The molecule has 0 atom stereocenters. The first kappa shape index (κ1) is 24.6. The number of fused-ring (bicyclic) bond motifs is 1. The molecule has 1 aliphatic rings. The monoisotopic (exact) mass is 499 g/mol. The molecule has 0 spiro atoms. The van der Waals surface area contributed by atoms with E-state index in [9.17, 15) is 4.79 Å². The maximum Gasteiger partial charge on any atom is 0.254 e. The van der Waals surface area contributed by atoms with Crippen LogP contribution in [0.2, 0.25) is 0 Å². The molecule has 8 heteroatoms. The van der Waals surface area contributed by atoms with Crippen LogP contribution in [-0.4, -0.2) is 28.7 Å². The minimum Gasteiger partial charge on any atom is -0.490 e. The summed E-state index contributed by atoms with van der Waals surface area (Å²) >= 11 is 0. The van der Waals surface area contributed by atoms with Crippen molar-refractivity contribution in [1.29, 1.82) is 0 Å². The fourth-order valence-corrected chi connectivity index (χ4v) is 5.12. The van der Waals surface area contributed by atoms with Gasteiger partial charge in [0.1, 0.15) is 17.9 Å². The first-order chi connectivity index (χ1) is 18.0. The number of ether oxygens (including phenoxy) is 2. The fourth-order valence-electron chi connectivity index (χ4n) is 5.12. The van der Waals surface area contributed by atoms with E-state index in [0.717, 1.165) is 22.2 Å². The van der Waals surface area contributed by atoms with Gasteiger partial charge in [-0.15, -0.1) is 0 Å². The largest absolute Gasteiger partial charge is 0.490 e. The highest BCUT2D eigenvalue weighted by molar-refractivity contribution is 6.06. The molecule has 0 bridgehead atoms. The second-order valence-electron chi connectivity index (χ2n) is 9.52. The van der Waals surface area contributed by atoms with Crippen LogP contribution < -0.4 is 21.9 Å². The lowest BCUT2D eigenvalue weighted by Gasteiger charge is -2.23. The van der Waals surface area contributed by atoms with Crippen LogP contribution in [0, 0.1) is 0 Å². The molecule has 37 heavy (non-hydrogen) atoms. The zero-order chi connectivity index (χ0) is 25.8. The zero-order valence-electron chi connectivity index (χ0n) is 20.9. The molecule has 0 radical (unpaired) electrons. The van der Waals surface area contributed by atoms with Gasteiger partial charge in [0, 0.05) is 11.6 Å². The maximum atomic E-state index is 12.2. The van der Waals surface area contributed by atoms with Crippen LogP contribution in [0.1, 0.15) is 54.1 Å². The van der Waals surface area contributed by atoms with Gasteiger partial charge in [-0.05, 0) is 42.2 Å². The van der Waals surface area contributed by atoms with Crippen LogP contribution in [0.25, 0.3) is 22.2 Å². The molecule has 4 aromatic rings. The number of carbonyl (C=O) groups is 1. The van der Waals surface area contributed by atoms with Crippen molar-refractivity contribution in [2.75, 3.05) is 24.7 Å². The molecule has 1 amide bonds. The van der Waals surface area contributed by atoms with E-state index in [-0.39, 0.29) is 29.3 Å². The van der Waals surface area contributed by atoms with Crippen molar-refractivity contribution in [3.05, 3.63) is 72.1 Å². The molecule has 1 heterocycles. The number of imidazole rings is 1. The second kappa shape index (κ2) is 10.9. The predicted molar refractivity (Wildman–Crippen MR) is 146 cm³/mol. The molecule has 1 saturated carbocycles. The average molecular weight is 500 g/mol. The van der Waals surface area contributed by atoms with E-state index in [1.54, 1.807) is 6.07 Å². The molecule has 0 aliphatic heterocycles. The van der Waals surface area contributed by atoms with Gasteiger partial charge in [0.05, 0.1) is 41.9 Å². The van der Waals surface area contributed by atoms with E-state index in [0.29, 0.717) is 24.8 Å². The standard InChI is InChI=1S/C29H33N5O3/c30-27-22(20-11-12-24-23(15-20)33-18-34(24)21-9-5-2-6-10-21)16-25(26(28(27)31)29(32)35)37-14-13-36-17-19-7-3-1-4-8-19/h1,3-4,7-8,11-12,15-16,18,21H,2,5-6,9-10,13-14,17,30-31H2,(H2,32,35). The van der Waals surface area contributed by atoms with Crippen LogP contribution in [0.15, 0.2) is 60.9 Å². The van der Waals surface area contributed by atoms with Crippen LogP contribution in [-0.2, 0) is 11.3 Å². The summed E-state index contributed by atoms with van der Waals surface area (Å²) in [6.45, 7) is 1.02. The predicted octanol–water partition coefficient (Wildman–Crippen LogP) is 5.07. The van der Waals surface area contributed by atoms with E-state index >= 15 is 0 Å². The van der Waals surface area contributed by atoms with E-state index in [1.165, 1.54) is 32.1 Å². The number of hydrogen-bond donors (Lipinski definition) is 3. The molecule has 1 aromatic heterocycles. The minimum atomic E-state index is -0.697. The average Bonchev–Trinajstić information content (AvgIpc) is 3.34. The van der Waals surface area contributed by atoms with E-state index in [2.05, 4.69) is 15.6 Å². The van der Waals surface area contributed by atoms with E-state index in [4.69, 9.17) is 26.7 Å². The highest BCUT2D eigenvalue weighted by atomic mass is 16.5. The topological polar surface area (TPSA) is 131 Å². The number of hydrogen-bond acceptors (Lipinski definition) is 6. The van der Waals surface area contributed by atoms with Gasteiger partial charge in [0.2, 0.25) is 0 Å². The molecule has 6 N–H and O–H groups in total. The molecule has 5 rings (SSSR count). The minimum absolute atomic E-state index is 0.0759. The Balaban J connectivity index is 1.38. The van der Waals surface area contributed by atoms with Gasteiger partial charge >= 0.3 is 0 Å². The molecule has 0 unspecified atom stereocenters. The summed E-state index contributed by atoms with van der Waals surface area (Å²) < 4.78 is 13.9. The second-order valence-corrected chi connectivity index (χ2v) is 9.52.